The molecule has 0 aromatic rings. The maximum atomic E-state index is 10.7. The maximum Gasteiger partial charge on any atom is 0.448 e. The van der Waals surface area contributed by atoms with E-state index in [2.05, 4.69) is 4.18 Å². The van der Waals surface area contributed by atoms with Gasteiger partial charge in [0.05, 0.1) is 5.41 Å². The molecule has 0 unspecified atom stereocenters. The SMILES string of the molecule is CC(C)(C)C(=O)OS(=O)(=O)O. The minimum absolute atomic E-state index is 0.935. The summed E-state index contributed by atoms with van der Waals surface area (Å²) in [6, 6.07) is 0. The van der Waals surface area contributed by atoms with Crippen molar-refractivity contribution in [2.24, 2.45) is 5.41 Å². The van der Waals surface area contributed by atoms with Crippen molar-refractivity contribution in [2.45, 2.75) is 20.8 Å². The Labute approximate surface area is 65.3 Å². The third-order valence-corrected chi connectivity index (χ3v) is 1.16. The Morgan fingerprint density at radius 1 is 1.36 bits per heavy atom. The van der Waals surface area contributed by atoms with E-state index >= 15 is 0 Å². The highest BCUT2D eigenvalue weighted by Crippen LogP contribution is 2.15. The quantitative estimate of drug-likeness (QED) is 0.593. The minimum atomic E-state index is -4.66. The first-order valence-corrected chi connectivity index (χ1v) is 4.21. The van der Waals surface area contributed by atoms with Crippen LogP contribution >= 0.6 is 0 Å². The van der Waals surface area contributed by atoms with E-state index < -0.39 is 21.8 Å². The fourth-order valence-corrected chi connectivity index (χ4v) is 0.662. The summed E-state index contributed by atoms with van der Waals surface area (Å²) in [5, 5.41) is 0. The maximum absolute atomic E-state index is 10.7. The number of carbonyl (C=O) groups is 1. The molecule has 66 valence electrons. The predicted octanol–water partition coefficient (Wildman–Crippen LogP) is 0.379. The van der Waals surface area contributed by atoms with Gasteiger partial charge in [-0.2, -0.15) is 8.42 Å². The van der Waals surface area contributed by atoms with E-state index in [4.69, 9.17) is 4.55 Å². The van der Waals surface area contributed by atoms with Crippen LogP contribution in [0.5, 0.6) is 0 Å². The van der Waals surface area contributed by atoms with Gasteiger partial charge in [0, 0.05) is 0 Å². The lowest BCUT2D eigenvalue weighted by molar-refractivity contribution is -0.142. The Morgan fingerprint density at radius 3 is 1.82 bits per heavy atom. The summed E-state index contributed by atoms with van der Waals surface area (Å²) in [5.74, 6) is -0.986. The Morgan fingerprint density at radius 2 is 1.73 bits per heavy atom. The molecule has 0 heterocycles. The number of carbonyl (C=O) groups excluding carboxylic acids is 1. The second kappa shape index (κ2) is 2.78. The van der Waals surface area contributed by atoms with E-state index in [1.807, 2.05) is 0 Å². The summed E-state index contributed by atoms with van der Waals surface area (Å²) in [5.41, 5.74) is -0.935. The fraction of sp³-hybridized carbons (Fsp3) is 0.800. The van der Waals surface area contributed by atoms with Gasteiger partial charge in [0.15, 0.2) is 0 Å². The second-order valence-corrected chi connectivity index (χ2v) is 4.07. The summed E-state index contributed by atoms with van der Waals surface area (Å²) in [7, 11) is -4.66. The zero-order valence-electron chi connectivity index (χ0n) is 6.49. The van der Waals surface area contributed by atoms with Crippen LogP contribution in [-0.4, -0.2) is 18.9 Å². The number of rotatable bonds is 1. The van der Waals surface area contributed by atoms with E-state index in [9.17, 15) is 13.2 Å². The molecule has 0 amide bonds. The largest absolute Gasteiger partial charge is 0.448 e. The highest BCUT2D eigenvalue weighted by atomic mass is 32.3. The Bertz CT molecular complexity index is 245. The van der Waals surface area contributed by atoms with Crippen molar-refractivity contribution in [1.29, 1.82) is 0 Å². The van der Waals surface area contributed by atoms with Crippen LogP contribution in [0.3, 0.4) is 0 Å². The molecule has 0 aliphatic rings. The lowest BCUT2D eigenvalue weighted by Gasteiger charge is -2.13. The molecule has 0 aliphatic heterocycles. The molecule has 0 spiro atoms. The fourth-order valence-electron chi connectivity index (χ4n) is 0.221. The van der Waals surface area contributed by atoms with Gasteiger partial charge >= 0.3 is 16.4 Å². The average Bonchev–Trinajstić information content (AvgIpc) is 1.56. The van der Waals surface area contributed by atoms with Crippen molar-refractivity contribution in [1.82, 2.24) is 0 Å². The van der Waals surface area contributed by atoms with Crippen LogP contribution in [0.25, 0.3) is 0 Å². The molecule has 5 nitrogen and oxygen atoms in total. The molecule has 0 bridgehead atoms. The summed E-state index contributed by atoms with van der Waals surface area (Å²) in [6.45, 7) is 4.42. The van der Waals surface area contributed by atoms with Crippen LogP contribution < -0.4 is 0 Å². The summed E-state index contributed by atoms with van der Waals surface area (Å²) in [4.78, 5) is 10.7. The molecule has 6 heteroatoms. The van der Waals surface area contributed by atoms with E-state index in [1.54, 1.807) is 0 Å². The van der Waals surface area contributed by atoms with Gasteiger partial charge < -0.3 is 4.18 Å². The number of hydrogen-bond donors (Lipinski definition) is 1. The first-order chi connectivity index (χ1) is 4.63. The van der Waals surface area contributed by atoms with E-state index in [-0.39, 0.29) is 0 Å². The molecular weight excluding hydrogens is 172 g/mol. The van der Waals surface area contributed by atoms with E-state index in [0.717, 1.165) is 0 Å². The van der Waals surface area contributed by atoms with Crippen molar-refractivity contribution >= 4 is 16.4 Å². The van der Waals surface area contributed by atoms with Crippen molar-refractivity contribution in [3.8, 4) is 0 Å². The van der Waals surface area contributed by atoms with E-state index in [1.165, 1.54) is 20.8 Å². The van der Waals surface area contributed by atoms with E-state index in [0.29, 0.717) is 0 Å². The highest BCUT2D eigenvalue weighted by molar-refractivity contribution is 7.81. The first kappa shape index (κ1) is 10.4. The van der Waals surface area contributed by atoms with Gasteiger partial charge in [0.25, 0.3) is 0 Å². The van der Waals surface area contributed by atoms with Crippen molar-refractivity contribution in [2.75, 3.05) is 0 Å². The molecule has 0 radical (unpaired) electrons. The van der Waals surface area contributed by atoms with Crippen molar-refractivity contribution in [3.05, 3.63) is 0 Å². The van der Waals surface area contributed by atoms with Gasteiger partial charge in [-0.3, -0.25) is 9.35 Å². The van der Waals surface area contributed by atoms with Crippen molar-refractivity contribution in [3.63, 3.8) is 0 Å². The van der Waals surface area contributed by atoms with Crippen LogP contribution in [0.2, 0.25) is 0 Å². The molecule has 0 aliphatic carbocycles. The Hall–Kier alpha value is -0.620. The normalized spacial score (nSPS) is 12.7. The van der Waals surface area contributed by atoms with Crippen LogP contribution in [0, 0.1) is 5.41 Å². The molecule has 0 rings (SSSR count). The van der Waals surface area contributed by atoms with Gasteiger partial charge in [-0.1, -0.05) is 0 Å². The third kappa shape index (κ3) is 4.74. The molecule has 11 heavy (non-hydrogen) atoms. The molecule has 0 aromatic carbocycles. The summed E-state index contributed by atoms with van der Waals surface area (Å²) >= 11 is 0. The van der Waals surface area contributed by atoms with Crippen LogP contribution in [0.15, 0.2) is 0 Å². The van der Waals surface area contributed by atoms with Gasteiger partial charge in [-0.05, 0) is 20.8 Å². The standard InChI is InChI=1S/C5H10O5S/c1-5(2,3)4(6)10-11(7,8)9/h1-3H3,(H,7,8,9). The van der Waals surface area contributed by atoms with Gasteiger partial charge in [0.1, 0.15) is 0 Å². The molecule has 0 atom stereocenters. The van der Waals surface area contributed by atoms with Gasteiger partial charge in [-0.15, -0.1) is 0 Å². The minimum Gasteiger partial charge on any atom is -0.324 e. The van der Waals surface area contributed by atoms with Gasteiger partial charge in [-0.25, -0.2) is 0 Å². The molecule has 1 N–H and O–H groups in total. The zero-order valence-corrected chi connectivity index (χ0v) is 7.30. The lowest BCUT2D eigenvalue weighted by Crippen LogP contribution is -2.25. The lowest BCUT2D eigenvalue weighted by atomic mass is 9.98. The molecule has 0 aromatic heterocycles. The zero-order chi connectivity index (χ0) is 9.28. The molecular formula is C5H10O5S. The Balaban J connectivity index is 4.35. The van der Waals surface area contributed by atoms with Crippen LogP contribution in [-0.2, 0) is 19.4 Å². The Kier molecular flexibility index (Phi) is 2.63. The predicted molar refractivity (Wildman–Crippen MR) is 37.1 cm³/mol. The summed E-state index contributed by atoms with van der Waals surface area (Å²) < 4.78 is 31.8. The summed E-state index contributed by atoms with van der Waals surface area (Å²) in [6.07, 6.45) is 0. The number of hydrogen-bond acceptors (Lipinski definition) is 4. The van der Waals surface area contributed by atoms with Crippen LogP contribution in [0.4, 0.5) is 0 Å². The van der Waals surface area contributed by atoms with Crippen molar-refractivity contribution < 1.29 is 21.9 Å². The smallest absolute Gasteiger partial charge is 0.324 e. The topological polar surface area (TPSA) is 80.7 Å². The second-order valence-electron chi connectivity index (χ2n) is 3.05. The average molecular weight is 182 g/mol. The monoisotopic (exact) mass is 182 g/mol. The molecule has 0 fully saturated rings. The third-order valence-electron chi connectivity index (χ3n) is 0.793. The molecule has 0 saturated heterocycles. The first-order valence-electron chi connectivity index (χ1n) is 2.84. The van der Waals surface area contributed by atoms with Crippen LogP contribution in [0.1, 0.15) is 20.8 Å². The highest BCUT2D eigenvalue weighted by Gasteiger charge is 2.27. The molecule has 0 saturated carbocycles. The van der Waals surface area contributed by atoms with Gasteiger partial charge in [0.2, 0.25) is 0 Å².